The second-order valence-electron chi connectivity index (χ2n) is 10.7. The zero-order valence-corrected chi connectivity index (χ0v) is 25.8. The highest BCUT2D eigenvalue weighted by atomic mass is 35.5. The van der Waals surface area contributed by atoms with E-state index in [2.05, 4.69) is 5.32 Å². The standard InChI is InChI=1S/C32H38ClN3O5S/c1-23-12-14-28(15-13-23)36(42(39,40)30-18-16-29(41-3)17-19-30)22-31(37)35(21-25-8-7-9-26(33)20-25)24(2)32(38)34-27-10-5-4-6-11-27/h7-9,12-20,24,27H,4-6,10-11,21-22H2,1-3H3,(H,34,38)/t24-/m1/s1. The van der Waals surface area contributed by atoms with Crippen molar-refractivity contribution in [2.75, 3.05) is 18.0 Å². The molecule has 1 aliphatic carbocycles. The fourth-order valence-electron chi connectivity index (χ4n) is 5.10. The van der Waals surface area contributed by atoms with E-state index in [0.29, 0.717) is 16.5 Å². The van der Waals surface area contributed by atoms with Crippen LogP contribution in [-0.2, 0) is 26.2 Å². The minimum absolute atomic E-state index is 0.0150. The largest absolute Gasteiger partial charge is 0.497 e. The molecule has 0 heterocycles. The number of carbonyl (C=O) groups is 2. The van der Waals surface area contributed by atoms with Gasteiger partial charge in [-0.3, -0.25) is 13.9 Å². The summed E-state index contributed by atoms with van der Waals surface area (Å²) in [5, 5.41) is 3.61. The van der Waals surface area contributed by atoms with Crippen molar-refractivity contribution < 1.29 is 22.7 Å². The van der Waals surface area contributed by atoms with Crippen LogP contribution in [0.15, 0.2) is 77.7 Å². The van der Waals surface area contributed by atoms with Gasteiger partial charge in [-0.2, -0.15) is 0 Å². The van der Waals surface area contributed by atoms with Crippen LogP contribution in [0, 0.1) is 6.92 Å². The van der Waals surface area contributed by atoms with Gasteiger partial charge in [0.1, 0.15) is 18.3 Å². The number of benzene rings is 3. The highest BCUT2D eigenvalue weighted by Crippen LogP contribution is 2.27. The molecule has 3 aromatic rings. The lowest BCUT2D eigenvalue weighted by atomic mass is 9.95. The lowest BCUT2D eigenvalue weighted by Crippen LogP contribution is -2.53. The van der Waals surface area contributed by atoms with Gasteiger partial charge in [-0.05, 0) is 80.8 Å². The van der Waals surface area contributed by atoms with Crippen molar-refractivity contribution in [2.24, 2.45) is 0 Å². The maximum atomic E-state index is 14.1. The molecule has 0 unspecified atom stereocenters. The SMILES string of the molecule is COc1ccc(S(=O)(=O)N(CC(=O)N(Cc2cccc(Cl)c2)[C@H](C)C(=O)NC2CCCCC2)c2ccc(C)cc2)cc1. The Bertz CT molecular complexity index is 1470. The molecule has 8 nitrogen and oxygen atoms in total. The van der Waals surface area contributed by atoms with E-state index in [4.69, 9.17) is 16.3 Å². The van der Waals surface area contributed by atoms with Crippen molar-refractivity contribution in [3.63, 3.8) is 0 Å². The predicted octanol–water partition coefficient (Wildman–Crippen LogP) is 5.72. The summed E-state index contributed by atoms with van der Waals surface area (Å²) in [4.78, 5) is 28.9. The lowest BCUT2D eigenvalue weighted by Gasteiger charge is -2.33. The summed E-state index contributed by atoms with van der Waals surface area (Å²) >= 11 is 6.23. The van der Waals surface area contributed by atoms with E-state index < -0.39 is 28.5 Å². The third-order valence-electron chi connectivity index (χ3n) is 7.61. The highest BCUT2D eigenvalue weighted by molar-refractivity contribution is 7.92. The number of methoxy groups -OCH3 is 1. The molecule has 1 aliphatic rings. The Morgan fingerprint density at radius 1 is 1.00 bits per heavy atom. The first-order chi connectivity index (χ1) is 20.1. The number of hydrogen-bond donors (Lipinski definition) is 1. The minimum Gasteiger partial charge on any atom is -0.497 e. The first-order valence-electron chi connectivity index (χ1n) is 14.2. The third-order valence-corrected chi connectivity index (χ3v) is 9.63. The van der Waals surface area contributed by atoms with E-state index >= 15 is 0 Å². The van der Waals surface area contributed by atoms with E-state index in [0.717, 1.165) is 47.5 Å². The van der Waals surface area contributed by atoms with E-state index in [9.17, 15) is 18.0 Å². The summed E-state index contributed by atoms with van der Waals surface area (Å²) in [5.41, 5.74) is 2.02. The molecule has 0 spiro atoms. The molecule has 1 N–H and O–H groups in total. The van der Waals surface area contributed by atoms with Crippen molar-refractivity contribution in [3.05, 3.63) is 88.9 Å². The molecule has 1 fully saturated rings. The number of halogens is 1. The van der Waals surface area contributed by atoms with Gasteiger partial charge < -0.3 is 15.0 Å². The second kappa shape index (κ2) is 14.1. The number of nitrogens with one attached hydrogen (secondary N) is 1. The fourth-order valence-corrected chi connectivity index (χ4v) is 6.73. The van der Waals surface area contributed by atoms with Crippen molar-refractivity contribution >= 4 is 39.1 Å². The molecule has 4 rings (SSSR count). The number of sulfonamides is 1. The summed E-state index contributed by atoms with van der Waals surface area (Å²) in [5.74, 6) is -0.270. The van der Waals surface area contributed by atoms with E-state index in [1.165, 1.54) is 24.1 Å². The van der Waals surface area contributed by atoms with Gasteiger partial charge in [-0.15, -0.1) is 0 Å². The van der Waals surface area contributed by atoms with Gasteiger partial charge in [-0.25, -0.2) is 8.42 Å². The van der Waals surface area contributed by atoms with Crippen molar-refractivity contribution in [1.29, 1.82) is 0 Å². The van der Waals surface area contributed by atoms with Gasteiger partial charge in [0.25, 0.3) is 10.0 Å². The smallest absolute Gasteiger partial charge is 0.264 e. The van der Waals surface area contributed by atoms with Crippen LogP contribution in [-0.4, -0.2) is 50.9 Å². The van der Waals surface area contributed by atoms with Crippen LogP contribution in [0.5, 0.6) is 5.75 Å². The van der Waals surface area contributed by atoms with Gasteiger partial charge in [0, 0.05) is 17.6 Å². The maximum absolute atomic E-state index is 14.1. The minimum atomic E-state index is -4.16. The molecule has 0 radical (unpaired) electrons. The Hall–Kier alpha value is -3.56. The Balaban J connectivity index is 1.67. The van der Waals surface area contributed by atoms with E-state index in [1.54, 1.807) is 61.5 Å². The molecule has 0 aliphatic heterocycles. The van der Waals surface area contributed by atoms with Crippen LogP contribution in [0.2, 0.25) is 5.02 Å². The zero-order chi connectivity index (χ0) is 30.3. The molecule has 1 saturated carbocycles. The topological polar surface area (TPSA) is 96.0 Å². The van der Waals surface area contributed by atoms with Gasteiger partial charge in [-0.1, -0.05) is 60.7 Å². The second-order valence-corrected chi connectivity index (χ2v) is 13.0. The molecule has 224 valence electrons. The highest BCUT2D eigenvalue weighted by Gasteiger charge is 2.33. The first kappa shape index (κ1) is 31.4. The molecule has 2 amide bonds. The first-order valence-corrected chi connectivity index (χ1v) is 16.0. The number of carbonyl (C=O) groups excluding carboxylic acids is 2. The Morgan fingerprint density at radius 3 is 2.29 bits per heavy atom. The molecule has 0 bridgehead atoms. The maximum Gasteiger partial charge on any atom is 0.264 e. The van der Waals surface area contributed by atoms with E-state index in [1.807, 2.05) is 13.0 Å². The number of amides is 2. The Morgan fingerprint density at radius 2 is 1.67 bits per heavy atom. The summed E-state index contributed by atoms with van der Waals surface area (Å²) in [6.07, 6.45) is 5.07. The fraction of sp³-hybridized carbons (Fsp3) is 0.375. The molecular formula is C32H38ClN3O5S. The van der Waals surface area contributed by atoms with Crippen molar-refractivity contribution in [1.82, 2.24) is 10.2 Å². The summed E-state index contributed by atoms with van der Waals surface area (Å²) in [7, 11) is -2.66. The molecule has 0 aromatic heterocycles. The number of hydrogen-bond acceptors (Lipinski definition) is 5. The average Bonchev–Trinajstić information content (AvgIpc) is 2.99. The Labute approximate surface area is 253 Å². The molecule has 1 atom stereocenters. The molecule has 42 heavy (non-hydrogen) atoms. The van der Waals surface area contributed by atoms with Crippen LogP contribution in [0.3, 0.4) is 0 Å². The van der Waals surface area contributed by atoms with Crippen molar-refractivity contribution in [2.45, 2.75) is 69.5 Å². The predicted molar refractivity (Wildman–Crippen MR) is 165 cm³/mol. The van der Waals surface area contributed by atoms with Crippen LogP contribution >= 0.6 is 11.6 Å². The quantitative estimate of drug-likeness (QED) is 0.299. The van der Waals surface area contributed by atoms with Crippen LogP contribution < -0.4 is 14.4 Å². The van der Waals surface area contributed by atoms with Crippen LogP contribution in [0.4, 0.5) is 5.69 Å². The molecule has 10 heteroatoms. The Kier molecular flexibility index (Phi) is 10.5. The normalized spacial score (nSPS) is 14.6. The van der Waals surface area contributed by atoms with Crippen LogP contribution in [0.25, 0.3) is 0 Å². The average molecular weight is 612 g/mol. The lowest BCUT2D eigenvalue weighted by molar-refractivity contribution is -0.139. The monoisotopic (exact) mass is 611 g/mol. The van der Waals surface area contributed by atoms with Gasteiger partial charge in [0.05, 0.1) is 17.7 Å². The number of ether oxygens (including phenoxy) is 1. The number of rotatable bonds is 11. The number of anilines is 1. The summed E-state index contributed by atoms with van der Waals surface area (Å²) in [6, 6.07) is 19.2. The zero-order valence-electron chi connectivity index (χ0n) is 24.3. The molecule has 0 saturated heterocycles. The molecular weight excluding hydrogens is 574 g/mol. The summed E-state index contributed by atoms with van der Waals surface area (Å²) in [6.45, 7) is 3.16. The van der Waals surface area contributed by atoms with Gasteiger partial charge in [0.2, 0.25) is 11.8 Å². The van der Waals surface area contributed by atoms with Crippen LogP contribution in [0.1, 0.15) is 50.2 Å². The van der Waals surface area contributed by atoms with Gasteiger partial charge in [0.15, 0.2) is 0 Å². The van der Waals surface area contributed by atoms with E-state index in [-0.39, 0.29) is 23.4 Å². The number of aryl methyl sites for hydroxylation is 1. The van der Waals surface area contributed by atoms with Crippen molar-refractivity contribution in [3.8, 4) is 5.75 Å². The third kappa shape index (κ3) is 7.83. The number of nitrogens with zero attached hydrogens (tertiary/aromatic N) is 2. The van der Waals surface area contributed by atoms with Gasteiger partial charge >= 0.3 is 0 Å². The molecule has 3 aromatic carbocycles. The summed E-state index contributed by atoms with van der Waals surface area (Å²) < 4.78 is 34.2.